The van der Waals surface area contributed by atoms with Gasteiger partial charge in [0.15, 0.2) is 0 Å². The number of hydrogen-bond acceptors (Lipinski definition) is 2. The fourth-order valence-corrected chi connectivity index (χ4v) is 1.97. The third-order valence-electron chi connectivity index (χ3n) is 1.73. The van der Waals surface area contributed by atoms with E-state index >= 15 is 0 Å². The largest absolute Gasteiger partial charge is 0.496 e. The van der Waals surface area contributed by atoms with Crippen LogP contribution in [0.15, 0.2) is 16.6 Å². The van der Waals surface area contributed by atoms with Crippen LogP contribution in [-0.2, 0) is 0 Å². The van der Waals surface area contributed by atoms with Crippen LogP contribution >= 0.6 is 39.1 Å². The van der Waals surface area contributed by atoms with Crippen molar-refractivity contribution in [3.05, 3.63) is 22.2 Å². The van der Waals surface area contributed by atoms with Crippen LogP contribution in [0.2, 0.25) is 0 Å². The molecule has 5 heteroatoms. The molecule has 0 aliphatic carbocycles. The SMILES string of the molecule is COc1cc(Br)cc(OC)c1C(Cl)Cl. The highest BCUT2D eigenvalue weighted by Gasteiger charge is 2.17. The van der Waals surface area contributed by atoms with Crippen LogP contribution in [0, 0.1) is 0 Å². The Morgan fingerprint density at radius 3 is 1.86 bits per heavy atom. The summed E-state index contributed by atoms with van der Waals surface area (Å²) in [7, 11) is 3.11. The Morgan fingerprint density at radius 1 is 1.14 bits per heavy atom. The summed E-state index contributed by atoms with van der Waals surface area (Å²) >= 11 is 15.0. The van der Waals surface area contributed by atoms with Crippen LogP contribution in [0.4, 0.5) is 0 Å². The third kappa shape index (κ3) is 2.47. The van der Waals surface area contributed by atoms with E-state index < -0.39 is 4.84 Å². The molecule has 0 radical (unpaired) electrons. The molecule has 0 atom stereocenters. The Balaban J connectivity index is 3.33. The molecule has 0 aromatic heterocycles. The zero-order valence-corrected chi connectivity index (χ0v) is 10.8. The predicted molar refractivity (Wildman–Crippen MR) is 61.7 cm³/mol. The molecule has 0 N–H and O–H groups in total. The molecule has 0 saturated heterocycles. The monoisotopic (exact) mass is 298 g/mol. The minimum atomic E-state index is -0.673. The molecule has 0 saturated carbocycles. The van der Waals surface area contributed by atoms with Crippen molar-refractivity contribution in [3.8, 4) is 11.5 Å². The second-order valence-electron chi connectivity index (χ2n) is 2.52. The topological polar surface area (TPSA) is 18.5 Å². The second-order valence-corrected chi connectivity index (χ2v) is 4.54. The Labute approximate surface area is 101 Å². The van der Waals surface area contributed by atoms with Crippen molar-refractivity contribution < 1.29 is 9.47 Å². The fourth-order valence-electron chi connectivity index (χ4n) is 1.12. The van der Waals surface area contributed by atoms with Crippen LogP contribution in [0.1, 0.15) is 10.4 Å². The van der Waals surface area contributed by atoms with E-state index in [0.29, 0.717) is 17.1 Å². The van der Waals surface area contributed by atoms with Crippen molar-refractivity contribution in [1.29, 1.82) is 0 Å². The van der Waals surface area contributed by atoms with E-state index in [2.05, 4.69) is 15.9 Å². The van der Waals surface area contributed by atoms with Gasteiger partial charge in [0.25, 0.3) is 0 Å². The van der Waals surface area contributed by atoms with Gasteiger partial charge in [-0.15, -0.1) is 0 Å². The molecule has 0 unspecified atom stereocenters. The standard InChI is InChI=1S/C9H9BrCl2O2/c1-13-6-3-5(10)4-7(14-2)8(6)9(11)12/h3-4,9H,1-2H3. The maximum absolute atomic E-state index is 5.81. The van der Waals surface area contributed by atoms with Crippen LogP contribution in [0.5, 0.6) is 11.5 Å². The molecule has 1 rings (SSSR count). The van der Waals surface area contributed by atoms with Crippen molar-refractivity contribution in [3.63, 3.8) is 0 Å². The van der Waals surface area contributed by atoms with Gasteiger partial charge in [-0.05, 0) is 12.1 Å². The lowest BCUT2D eigenvalue weighted by Gasteiger charge is -2.14. The molecule has 1 aromatic rings. The molecule has 78 valence electrons. The number of halogens is 3. The highest BCUT2D eigenvalue weighted by molar-refractivity contribution is 9.10. The average Bonchev–Trinajstić information content (AvgIpc) is 2.15. The maximum atomic E-state index is 5.81. The molecule has 14 heavy (non-hydrogen) atoms. The number of ether oxygens (including phenoxy) is 2. The van der Waals surface area contributed by atoms with Crippen LogP contribution in [-0.4, -0.2) is 14.2 Å². The van der Waals surface area contributed by atoms with Crippen LogP contribution < -0.4 is 9.47 Å². The molecule has 0 fully saturated rings. The van der Waals surface area contributed by atoms with E-state index in [1.807, 2.05) is 0 Å². The van der Waals surface area contributed by atoms with Gasteiger partial charge in [0.05, 0.1) is 19.8 Å². The maximum Gasteiger partial charge on any atom is 0.139 e. The molecular weight excluding hydrogens is 291 g/mol. The number of alkyl halides is 2. The van der Waals surface area contributed by atoms with Gasteiger partial charge in [0.2, 0.25) is 0 Å². The summed E-state index contributed by atoms with van der Waals surface area (Å²) in [6, 6.07) is 3.57. The first-order valence-electron chi connectivity index (χ1n) is 3.79. The first-order chi connectivity index (χ1) is 6.60. The smallest absolute Gasteiger partial charge is 0.139 e. The predicted octanol–water partition coefficient (Wildman–Crippen LogP) is 3.94. The van der Waals surface area contributed by atoms with Gasteiger partial charge >= 0.3 is 0 Å². The fraction of sp³-hybridized carbons (Fsp3) is 0.333. The highest BCUT2D eigenvalue weighted by atomic mass is 79.9. The lowest BCUT2D eigenvalue weighted by Crippen LogP contribution is -1.96. The third-order valence-corrected chi connectivity index (χ3v) is 2.62. The minimum Gasteiger partial charge on any atom is -0.496 e. The highest BCUT2D eigenvalue weighted by Crippen LogP contribution is 2.41. The molecule has 0 heterocycles. The zero-order valence-electron chi connectivity index (χ0n) is 7.68. The van der Waals surface area contributed by atoms with Gasteiger partial charge in [-0.25, -0.2) is 0 Å². The van der Waals surface area contributed by atoms with Crippen molar-refractivity contribution in [2.45, 2.75) is 4.84 Å². The number of benzene rings is 1. The van der Waals surface area contributed by atoms with Crippen molar-refractivity contribution in [2.24, 2.45) is 0 Å². The van der Waals surface area contributed by atoms with Crippen molar-refractivity contribution in [1.82, 2.24) is 0 Å². The summed E-state index contributed by atoms with van der Waals surface area (Å²) in [5.74, 6) is 1.21. The van der Waals surface area contributed by atoms with Crippen molar-refractivity contribution >= 4 is 39.1 Å². The van der Waals surface area contributed by atoms with Gasteiger partial charge in [0.1, 0.15) is 16.3 Å². The molecule has 0 aliphatic rings. The summed E-state index contributed by atoms with van der Waals surface area (Å²) in [4.78, 5) is -0.673. The summed E-state index contributed by atoms with van der Waals surface area (Å²) in [6.07, 6.45) is 0. The minimum absolute atomic E-state index is 0.603. The van der Waals surface area contributed by atoms with E-state index in [4.69, 9.17) is 32.7 Å². The Hall–Kier alpha value is -0.120. The van der Waals surface area contributed by atoms with E-state index in [1.165, 1.54) is 0 Å². The molecule has 0 spiro atoms. The molecule has 0 amide bonds. The Kier molecular flexibility index (Phi) is 4.35. The summed E-state index contributed by atoms with van der Waals surface area (Å²) < 4.78 is 11.2. The molecule has 2 nitrogen and oxygen atoms in total. The van der Waals surface area contributed by atoms with E-state index in [-0.39, 0.29) is 0 Å². The van der Waals surface area contributed by atoms with Crippen LogP contribution in [0.3, 0.4) is 0 Å². The van der Waals surface area contributed by atoms with E-state index in [1.54, 1.807) is 26.4 Å². The lowest BCUT2D eigenvalue weighted by molar-refractivity contribution is 0.387. The van der Waals surface area contributed by atoms with Crippen LogP contribution in [0.25, 0.3) is 0 Å². The van der Waals surface area contributed by atoms with Gasteiger partial charge in [-0.3, -0.25) is 0 Å². The van der Waals surface area contributed by atoms with Gasteiger partial charge in [-0.2, -0.15) is 0 Å². The Morgan fingerprint density at radius 2 is 1.57 bits per heavy atom. The number of methoxy groups -OCH3 is 2. The summed E-state index contributed by atoms with van der Waals surface area (Å²) in [5.41, 5.74) is 0.640. The van der Waals surface area contributed by atoms with Crippen molar-refractivity contribution in [2.75, 3.05) is 14.2 Å². The molecular formula is C9H9BrCl2O2. The first kappa shape index (κ1) is 12.0. The average molecular weight is 300 g/mol. The van der Waals surface area contributed by atoms with Gasteiger partial charge in [-0.1, -0.05) is 39.1 Å². The second kappa shape index (κ2) is 5.10. The summed E-state index contributed by atoms with van der Waals surface area (Å²) in [5, 5.41) is 0. The van der Waals surface area contributed by atoms with Gasteiger partial charge < -0.3 is 9.47 Å². The molecule has 0 bridgehead atoms. The zero-order chi connectivity index (χ0) is 10.7. The number of rotatable bonds is 3. The quantitative estimate of drug-likeness (QED) is 0.787. The molecule has 1 aromatic carbocycles. The lowest BCUT2D eigenvalue weighted by atomic mass is 10.2. The van der Waals surface area contributed by atoms with Gasteiger partial charge in [0, 0.05) is 4.47 Å². The van der Waals surface area contributed by atoms with E-state index in [0.717, 1.165) is 4.47 Å². The van der Waals surface area contributed by atoms with E-state index in [9.17, 15) is 0 Å². The normalized spacial score (nSPS) is 10.4. The Bertz CT molecular complexity index is 304. The first-order valence-corrected chi connectivity index (χ1v) is 5.46. The molecule has 0 aliphatic heterocycles. The summed E-state index contributed by atoms with van der Waals surface area (Å²) in [6.45, 7) is 0. The number of hydrogen-bond donors (Lipinski definition) is 0.